The summed E-state index contributed by atoms with van der Waals surface area (Å²) < 4.78 is 6.41. The first-order valence-corrected chi connectivity index (χ1v) is 10.5. The number of ether oxygens (including phenoxy) is 1. The van der Waals surface area contributed by atoms with Crippen LogP contribution < -0.4 is 0 Å². The first-order valence-electron chi connectivity index (χ1n) is 10.5. The van der Waals surface area contributed by atoms with Crippen molar-refractivity contribution >= 4 is 5.71 Å². The van der Waals surface area contributed by atoms with Crippen LogP contribution in [0.5, 0.6) is 0 Å². The van der Waals surface area contributed by atoms with Gasteiger partial charge in [-0.2, -0.15) is 0 Å². The van der Waals surface area contributed by atoms with Crippen LogP contribution >= 0.6 is 0 Å². The summed E-state index contributed by atoms with van der Waals surface area (Å²) in [6.07, 6.45) is 18.2. The van der Waals surface area contributed by atoms with Crippen LogP contribution in [0, 0.1) is 29.1 Å². The molecule has 1 spiro atoms. The molecule has 5 rings (SSSR count). The van der Waals surface area contributed by atoms with Crippen LogP contribution in [0.15, 0.2) is 29.0 Å². The Morgan fingerprint density at radius 3 is 2.84 bits per heavy atom. The molecule has 3 fully saturated rings. The summed E-state index contributed by atoms with van der Waals surface area (Å²) >= 11 is 0. The van der Waals surface area contributed by atoms with E-state index in [2.05, 4.69) is 30.3 Å². The molecule has 5 aliphatic rings. The van der Waals surface area contributed by atoms with E-state index in [1.165, 1.54) is 51.4 Å². The molecule has 1 aliphatic heterocycles. The van der Waals surface area contributed by atoms with E-state index in [4.69, 9.17) is 9.94 Å². The smallest absolute Gasteiger partial charge is 0.0926 e. The van der Waals surface area contributed by atoms with Gasteiger partial charge in [0.2, 0.25) is 0 Å². The molecule has 0 amide bonds. The van der Waals surface area contributed by atoms with Gasteiger partial charge < -0.3 is 9.94 Å². The quantitative estimate of drug-likeness (QED) is 0.409. The normalized spacial score (nSPS) is 49.8. The van der Waals surface area contributed by atoms with Gasteiger partial charge in [-0.05, 0) is 87.5 Å². The highest BCUT2D eigenvalue weighted by atomic mass is 16.5. The Hall–Kier alpha value is -1.09. The van der Waals surface area contributed by atoms with E-state index in [9.17, 15) is 0 Å². The molecule has 3 saturated carbocycles. The van der Waals surface area contributed by atoms with Crippen LogP contribution in [-0.4, -0.2) is 23.1 Å². The molecule has 0 aromatic heterocycles. The van der Waals surface area contributed by atoms with Crippen molar-refractivity contribution in [2.24, 2.45) is 34.2 Å². The Kier molecular flexibility index (Phi) is 3.68. The van der Waals surface area contributed by atoms with Crippen molar-refractivity contribution in [1.29, 1.82) is 0 Å². The summed E-state index contributed by atoms with van der Waals surface area (Å²) in [7, 11) is 0. The van der Waals surface area contributed by atoms with Crippen LogP contribution in [0.3, 0.4) is 0 Å². The van der Waals surface area contributed by atoms with Crippen molar-refractivity contribution in [3.8, 4) is 0 Å². The summed E-state index contributed by atoms with van der Waals surface area (Å²) in [5, 5.41) is 12.6. The van der Waals surface area contributed by atoms with Crippen LogP contribution in [0.4, 0.5) is 0 Å². The maximum absolute atomic E-state index is 9.14. The molecule has 6 atom stereocenters. The first kappa shape index (κ1) is 16.1. The van der Waals surface area contributed by atoms with Crippen molar-refractivity contribution in [3.63, 3.8) is 0 Å². The fourth-order valence-corrected chi connectivity index (χ4v) is 7.81. The first-order chi connectivity index (χ1) is 12.2. The third kappa shape index (κ3) is 2.05. The van der Waals surface area contributed by atoms with Crippen LogP contribution in [0.25, 0.3) is 0 Å². The fourth-order valence-electron chi connectivity index (χ4n) is 7.81. The summed E-state index contributed by atoms with van der Waals surface area (Å²) in [5.74, 6) is 3.31. The average molecular weight is 341 g/mol. The number of hydrogen-bond acceptors (Lipinski definition) is 3. The molecule has 3 heteroatoms. The molecule has 0 aromatic carbocycles. The summed E-state index contributed by atoms with van der Waals surface area (Å²) in [4.78, 5) is 0. The van der Waals surface area contributed by atoms with Crippen molar-refractivity contribution in [2.45, 2.75) is 70.3 Å². The van der Waals surface area contributed by atoms with Gasteiger partial charge in [-0.1, -0.05) is 29.8 Å². The lowest BCUT2D eigenvalue weighted by atomic mass is 9.49. The van der Waals surface area contributed by atoms with Gasteiger partial charge in [0.1, 0.15) is 0 Å². The number of fused-ring (bicyclic) bond motifs is 6. The predicted molar refractivity (Wildman–Crippen MR) is 98.7 cm³/mol. The number of rotatable bonds is 1. The second-order valence-corrected chi connectivity index (χ2v) is 9.12. The molecular formula is C22H31NO2. The molecule has 0 saturated heterocycles. The highest BCUT2D eigenvalue weighted by molar-refractivity contribution is 5.96. The largest absolute Gasteiger partial charge is 0.411 e. The maximum Gasteiger partial charge on any atom is 0.0926 e. The lowest BCUT2D eigenvalue weighted by Crippen LogP contribution is -2.53. The van der Waals surface area contributed by atoms with E-state index in [0.717, 1.165) is 42.4 Å². The second-order valence-electron chi connectivity index (χ2n) is 9.12. The number of oxime groups is 1. The molecular weight excluding hydrogens is 310 g/mol. The van der Waals surface area contributed by atoms with Gasteiger partial charge in [0.15, 0.2) is 0 Å². The number of hydrogen-bond donors (Lipinski definition) is 1. The van der Waals surface area contributed by atoms with Crippen molar-refractivity contribution in [3.05, 3.63) is 23.8 Å². The lowest BCUT2D eigenvalue weighted by Gasteiger charge is -2.57. The van der Waals surface area contributed by atoms with E-state index in [0.29, 0.717) is 5.41 Å². The molecule has 1 heterocycles. The number of allylic oxidation sites excluding steroid dienone is 2. The summed E-state index contributed by atoms with van der Waals surface area (Å²) in [6.45, 7) is 3.23. The van der Waals surface area contributed by atoms with E-state index in [-0.39, 0.29) is 5.60 Å². The van der Waals surface area contributed by atoms with Gasteiger partial charge in [0.25, 0.3) is 0 Å². The Balaban J connectivity index is 1.47. The lowest BCUT2D eigenvalue weighted by molar-refractivity contribution is -0.122. The van der Waals surface area contributed by atoms with E-state index in [1.54, 1.807) is 5.57 Å². The molecule has 136 valence electrons. The van der Waals surface area contributed by atoms with Crippen molar-refractivity contribution in [2.75, 3.05) is 6.61 Å². The zero-order valence-electron chi connectivity index (χ0n) is 15.4. The highest BCUT2D eigenvalue weighted by Gasteiger charge is 2.64. The fraction of sp³-hybridized carbons (Fsp3) is 0.773. The third-order valence-electron chi connectivity index (χ3n) is 8.78. The van der Waals surface area contributed by atoms with Crippen LogP contribution in [0.2, 0.25) is 0 Å². The Morgan fingerprint density at radius 1 is 1.16 bits per heavy atom. The predicted octanol–water partition coefficient (Wildman–Crippen LogP) is 5.10. The van der Waals surface area contributed by atoms with Gasteiger partial charge in [-0.15, -0.1) is 0 Å². The maximum atomic E-state index is 9.14. The minimum Gasteiger partial charge on any atom is -0.411 e. The van der Waals surface area contributed by atoms with Gasteiger partial charge in [0.05, 0.1) is 17.9 Å². The zero-order chi connectivity index (χ0) is 17.1. The van der Waals surface area contributed by atoms with Crippen LogP contribution in [0.1, 0.15) is 64.7 Å². The molecule has 0 aromatic rings. The summed E-state index contributed by atoms with van der Waals surface area (Å²) in [5.41, 5.74) is 2.91. The zero-order valence-corrected chi connectivity index (χ0v) is 15.4. The van der Waals surface area contributed by atoms with Gasteiger partial charge in [0, 0.05) is 5.41 Å². The SMILES string of the molecule is CC[C@]12CCC3C(CCC4=C/C(=N/O)CC[C@@H]43)C1CC[C@@]21C=CCO1. The van der Waals surface area contributed by atoms with Gasteiger partial charge >= 0.3 is 0 Å². The van der Waals surface area contributed by atoms with Crippen molar-refractivity contribution < 1.29 is 9.94 Å². The monoisotopic (exact) mass is 341 g/mol. The van der Waals surface area contributed by atoms with Gasteiger partial charge in [-0.3, -0.25) is 0 Å². The highest BCUT2D eigenvalue weighted by Crippen LogP contribution is 2.68. The minimum atomic E-state index is 0.0524. The van der Waals surface area contributed by atoms with Gasteiger partial charge in [-0.25, -0.2) is 0 Å². The number of nitrogens with zero attached hydrogens (tertiary/aromatic N) is 1. The molecule has 0 bridgehead atoms. The van der Waals surface area contributed by atoms with Crippen LogP contribution in [-0.2, 0) is 4.74 Å². The molecule has 0 radical (unpaired) electrons. The second kappa shape index (κ2) is 5.70. The Morgan fingerprint density at radius 2 is 2.08 bits per heavy atom. The van der Waals surface area contributed by atoms with E-state index in [1.807, 2.05) is 0 Å². The standard InChI is InChI=1S/C22H31NO2/c1-2-21-11-8-18-17-7-5-16(23-24)14-15(17)4-6-19(18)20(21)9-12-22(21)10-3-13-25-22/h3,10,14,17-20,24H,2,4-9,11-13H2,1H3/b23-16+/t17-,18?,19?,20?,21-,22-/m0/s1. The Bertz CT molecular complexity index is 650. The molecule has 25 heavy (non-hydrogen) atoms. The summed E-state index contributed by atoms with van der Waals surface area (Å²) in [6, 6.07) is 0. The third-order valence-corrected chi connectivity index (χ3v) is 8.78. The molecule has 4 aliphatic carbocycles. The topological polar surface area (TPSA) is 41.8 Å². The van der Waals surface area contributed by atoms with E-state index >= 15 is 0 Å². The molecule has 1 N–H and O–H groups in total. The average Bonchev–Trinajstić information content (AvgIpc) is 3.27. The minimum absolute atomic E-state index is 0.0524. The molecule has 3 nitrogen and oxygen atoms in total. The Labute approximate surface area is 151 Å². The van der Waals surface area contributed by atoms with E-state index < -0.39 is 0 Å². The van der Waals surface area contributed by atoms with Crippen molar-refractivity contribution in [1.82, 2.24) is 0 Å². The molecule has 3 unspecified atom stereocenters.